The first-order chi connectivity index (χ1) is 11.8. The molecule has 0 saturated heterocycles. The van der Waals surface area contributed by atoms with E-state index in [4.69, 9.17) is 0 Å². The van der Waals surface area contributed by atoms with Crippen molar-refractivity contribution in [3.05, 3.63) is 55.4 Å². The Kier molecular flexibility index (Phi) is 3.95. The molecule has 3 rings (SSSR count). The van der Waals surface area contributed by atoms with E-state index >= 15 is 0 Å². The lowest BCUT2D eigenvalue weighted by Gasteiger charge is -2.17. The lowest BCUT2D eigenvalue weighted by Crippen LogP contribution is -2.32. The molecule has 10 nitrogen and oxygen atoms in total. The summed E-state index contributed by atoms with van der Waals surface area (Å²) in [6.07, 6.45) is 0.528. The molecule has 1 aromatic carbocycles. The highest BCUT2D eigenvalue weighted by molar-refractivity contribution is 5.95. The summed E-state index contributed by atoms with van der Waals surface area (Å²) >= 11 is 0. The molecule has 1 aliphatic rings. The predicted octanol–water partition coefficient (Wildman–Crippen LogP) is 1.91. The highest BCUT2D eigenvalue weighted by Gasteiger charge is 2.28. The van der Waals surface area contributed by atoms with Crippen molar-refractivity contribution in [2.24, 2.45) is 0 Å². The molecular formula is C15H15N5O5. The molecular weight excluding hydrogens is 330 g/mol. The van der Waals surface area contributed by atoms with Crippen molar-refractivity contribution in [3.63, 3.8) is 0 Å². The number of hydrogen-bond acceptors (Lipinski definition) is 6. The van der Waals surface area contributed by atoms with Crippen LogP contribution in [0.5, 0.6) is 0 Å². The fourth-order valence-corrected chi connectivity index (χ4v) is 3.08. The third-order valence-electron chi connectivity index (χ3n) is 4.28. The van der Waals surface area contributed by atoms with Crippen LogP contribution in [-0.2, 0) is 17.8 Å². The van der Waals surface area contributed by atoms with E-state index in [2.05, 4.69) is 5.10 Å². The molecule has 10 heteroatoms. The zero-order chi connectivity index (χ0) is 18.3. The molecule has 0 bridgehead atoms. The minimum Gasteiger partial charge on any atom is -0.310 e. The van der Waals surface area contributed by atoms with Gasteiger partial charge in [-0.1, -0.05) is 0 Å². The van der Waals surface area contributed by atoms with Crippen molar-refractivity contribution in [1.82, 2.24) is 9.78 Å². The van der Waals surface area contributed by atoms with Crippen molar-refractivity contribution in [2.45, 2.75) is 26.8 Å². The summed E-state index contributed by atoms with van der Waals surface area (Å²) in [5.74, 6) is -0.270. The molecule has 25 heavy (non-hydrogen) atoms. The summed E-state index contributed by atoms with van der Waals surface area (Å²) in [6.45, 7) is 3.36. The summed E-state index contributed by atoms with van der Waals surface area (Å²) in [5.41, 5.74) is 1.84. The van der Waals surface area contributed by atoms with Gasteiger partial charge in [-0.3, -0.25) is 29.7 Å². The van der Waals surface area contributed by atoms with Gasteiger partial charge in [0, 0.05) is 24.4 Å². The Balaban J connectivity index is 1.84. The van der Waals surface area contributed by atoms with Crippen LogP contribution in [0.2, 0.25) is 0 Å². The molecule has 0 radical (unpaired) electrons. The number of aryl methyl sites for hydroxylation is 1. The van der Waals surface area contributed by atoms with Crippen molar-refractivity contribution in [3.8, 4) is 0 Å². The largest absolute Gasteiger partial charge is 0.312 e. The lowest BCUT2D eigenvalue weighted by atomic mass is 10.1. The molecule has 0 unspecified atom stereocenters. The van der Waals surface area contributed by atoms with Gasteiger partial charge in [-0.05, 0) is 31.9 Å². The standard InChI is InChI=1S/C15H15N5O5/c1-9-15(20(24)25)10(2)18(16-9)8-14(21)17-6-5-11-7-12(19(22)23)3-4-13(11)17/h3-4,7H,5-6,8H2,1-2H3. The van der Waals surface area contributed by atoms with E-state index in [9.17, 15) is 25.0 Å². The van der Waals surface area contributed by atoms with Crippen LogP contribution in [0.15, 0.2) is 18.2 Å². The molecule has 2 heterocycles. The number of nitro benzene ring substituents is 1. The number of benzene rings is 1. The fourth-order valence-electron chi connectivity index (χ4n) is 3.08. The minimum absolute atomic E-state index is 0.0118. The third kappa shape index (κ3) is 2.82. The van der Waals surface area contributed by atoms with E-state index in [0.29, 0.717) is 24.3 Å². The number of fused-ring (bicyclic) bond motifs is 1. The smallest absolute Gasteiger partial charge is 0.310 e. The van der Waals surface area contributed by atoms with Crippen LogP contribution < -0.4 is 4.90 Å². The number of nitrogens with zero attached hydrogens (tertiary/aromatic N) is 5. The maximum absolute atomic E-state index is 12.6. The lowest BCUT2D eigenvalue weighted by molar-refractivity contribution is -0.386. The summed E-state index contributed by atoms with van der Waals surface area (Å²) in [5, 5.41) is 26.0. The number of rotatable bonds is 4. The van der Waals surface area contributed by atoms with Gasteiger partial charge < -0.3 is 4.90 Å². The van der Waals surface area contributed by atoms with Crippen LogP contribution in [0.4, 0.5) is 17.1 Å². The van der Waals surface area contributed by atoms with Crippen molar-refractivity contribution >= 4 is 23.0 Å². The molecule has 0 saturated carbocycles. The van der Waals surface area contributed by atoms with Gasteiger partial charge in [0.25, 0.3) is 5.69 Å². The van der Waals surface area contributed by atoms with E-state index in [1.807, 2.05) is 0 Å². The number of anilines is 1. The number of aromatic nitrogens is 2. The van der Waals surface area contributed by atoms with Crippen LogP contribution >= 0.6 is 0 Å². The quantitative estimate of drug-likeness (QED) is 0.615. The second kappa shape index (κ2) is 5.96. The van der Waals surface area contributed by atoms with E-state index in [-0.39, 0.29) is 29.5 Å². The fraction of sp³-hybridized carbons (Fsp3) is 0.333. The van der Waals surface area contributed by atoms with Crippen LogP contribution in [0.3, 0.4) is 0 Å². The maximum atomic E-state index is 12.6. The number of non-ortho nitro benzene ring substituents is 1. The first-order valence-electron chi connectivity index (χ1n) is 7.55. The molecule has 0 fully saturated rings. The molecule has 130 valence electrons. The zero-order valence-corrected chi connectivity index (χ0v) is 13.6. The van der Waals surface area contributed by atoms with Gasteiger partial charge in [-0.25, -0.2) is 0 Å². The van der Waals surface area contributed by atoms with Gasteiger partial charge in [0.05, 0.1) is 9.85 Å². The minimum atomic E-state index is -0.511. The third-order valence-corrected chi connectivity index (χ3v) is 4.28. The van der Waals surface area contributed by atoms with E-state index in [0.717, 1.165) is 5.56 Å². The van der Waals surface area contributed by atoms with Gasteiger partial charge in [0.1, 0.15) is 17.9 Å². The first kappa shape index (κ1) is 16.6. The Morgan fingerprint density at radius 2 is 1.96 bits per heavy atom. The average Bonchev–Trinajstić information content (AvgIpc) is 3.07. The summed E-state index contributed by atoms with van der Waals surface area (Å²) in [7, 11) is 0. The van der Waals surface area contributed by atoms with E-state index in [1.54, 1.807) is 13.0 Å². The molecule has 0 aliphatic carbocycles. The number of nitro groups is 2. The van der Waals surface area contributed by atoms with E-state index in [1.165, 1.54) is 28.6 Å². The number of carbonyl (C=O) groups excluding carboxylic acids is 1. The molecule has 1 aromatic heterocycles. The Hall–Kier alpha value is -3.30. The topological polar surface area (TPSA) is 124 Å². The molecule has 2 aromatic rings. The average molecular weight is 345 g/mol. The maximum Gasteiger partial charge on any atom is 0.312 e. The normalized spacial score (nSPS) is 13.0. The van der Waals surface area contributed by atoms with Gasteiger partial charge in [0.2, 0.25) is 5.91 Å². The second-order valence-electron chi connectivity index (χ2n) is 5.80. The molecule has 1 aliphatic heterocycles. The highest BCUT2D eigenvalue weighted by atomic mass is 16.6. The molecule has 0 atom stereocenters. The second-order valence-corrected chi connectivity index (χ2v) is 5.80. The molecule has 0 spiro atoms. The van der Waals surface area contributed by atoms with Crippen LogP contribution in [0.25, 0.3) is 0 Å². The van der Waals surface area contributed by atoms with Gasteiger partial charge in [0.15, 0.2) is 0 Å². The first-order valence-corrected chi connectivity index (χ1v) is 7.55. The van der Waals surface area contributed by atoms with Gasteiger partial charge in [-0.15, -0.1) is 0 Å². The van der Waals surface area contributed by atoms with Crippen LogP contribution in [-0.4, -0.2) is 32.1 Å². The predicted molar refractivity (Wildman–Crippen MR) is 87.5 cm³/mol. The summed E-state index contributed by atoms with van der Waals surface area (Å²) in [4.78, 5) is 35.0. The van der Waals surface area contributed by atoms with Crippen LogP contribution in [0, 0.1) is 34.1 Å². The van der Waals surface area contributed by atoms with Crippen molar-refractivity contribution in [2.75, 3.05) is 11.4 Å². The Morgan fingerprint density at radius 1 is 1.24 bits per heavy atom. The zero-order valence-electron chi connectivity index (χ0n) is 13.6. The molecule has 1 amide bonds. The highest BCUT2D eigenvalue weighted by Crippen LogP contribution is 2.31. The van der Waals surface area contributed by atoms with Crippen LogP contribution in [0.1, 0.15) is 17.0 Å². The Morgan fingerprint density at radius 3 is 2.56 bits per heavy atom. The number of hydrogen-bond donors (Lipinski definition) is 0. The van der Waals surface area contributed by atoms with Crippen molar-refractivity contribution in [1.29, 1.82) is 0 Å². The summed E-state index contributed by atoms with van der Waals surface area (Å²) in [6, 6.07) is 4.39. The van der Waals surface area contributed by atoms with E-state index < -0.39 is 9.85 Å². The van der Waals surface area contributed by atoms with Crippen molar-refractivity contribution < 1.29 is 14.6 Å². The molecule has 0 N–H and O–H groups in total. The monoisotopic (exact) mass is 345 g/mol. The van der Waals surface area contributed by atoms with Gasteiger partial charge in [-0.2, -0.15) is 5.10 Å². The van der Waals surface area contributed by atoms with Gasteiger partial charge >= 0.3 is 5.69 Å². The Bertz CT molecular complexity index is 904. The summed E-state index contributed by atoms with van der Waals surface area (Å²) < 4.78 is 1.32. The Labute approximate surface area is 142 Å². The SMILES string of the molecule is Cc1nn(CC(=O)N2CCc3cc([N+](=O)[O-])ccc32)c(C)c1[N+](=O)[O-]. The number of amides is 1. The number of carbonyl (C=O) groups is 1.